The van der Waals surface area contributed by atoms with Crippen LogP contribution in [0.1, 0.15) is 49.6 Å². The SMILES string of the molecule is CCCC(CCCc1cc(C)no1)Oc1ccc(C2=NCCO2)cc1. The molecule has 5 nitrogen and oxygen atoms in total. The first-order valence-electron chi connectivity index (χ1n) is 9.11. The fourth-order valence-corrected chi connectivity index (χ4v) is 3.00. The molecule has 134 valence electrons. The van der Waals surface area contributed by atoms with Gasteiger partial charge in [-0.1, -0.05) is 18.5 Å². The molecule has 1 atom stereocenters. The van der Waals surface area contributed by atoms with E-state index >= 15 is 0 Å². The summed E-state index contributed by atoms with van der Waals surface area (Å²) < 4.78 is 17.0. The Morgan fingerprint density at radius 1 is 1.20 bits per heavy atom. The minimum absolute atomic E-state index is 0.222. The fraction of sp³-hybridized carbons (Fsp3) is 0.500. The molecular weight excluding hydrogens is 316 g/mol. The van der Waals surface area contributed by atoms with Crippen molar-refractivity contribution in [1.82, 2.24) is 5.16 Å². The van der Waals surface area contributed by atoms with Crippen molar-refractivity contribution in [2.75, 3.05) is 13.2 Å². The molecule has 0 radical (unpaired) electrons. The number of ether oxygens (including phenoxy) is 2. The Bertz CT molecular complexity index is 691. The number of hydrogen-bond acceptors (Lipinski definition) is 5. The van der Waals surface area contributed by atoms with Crippen LogP contribution in [-0.4, -0.2) is 30.3 Å². The molecule has 0 bridgehead atoms. The lowest BCUT2D eigenvalue weighted by Gasteiger charge is -2.18. The number of nitrogens with zero attached hydrogens (tertiary/aromatic N) is 2. The van der Waals surface area contributed by atoms with Gasteiger partial charge in [-0.25, -0.2) is 4.99 Å². The van der Waals surface area contributed by atoms with Crippen LogP contribution in [-0.2, 0) is 11.2 Å². The number of rotatable bonds is 9. The molecule has 2 heterocycles. The first-order valence-corrected chi connectivity index (χ1v) is 9.11. The largest absolute Gasteiger partial charge is 0.490 e. The molecule has 1 aromatic carbocycles. The topological polar surface area (TPSA) is 56.9 Å². The van der Waals surface area contributed by atoms with Crippen molar-refractivity contribution in [1.29, 1.82) is 0 Å². The van der Waals surface area contributed by atoms with Gasteiger partial charge in [0.1, 0.15) is 18.1 Å². The number of hydrogen-bond donors (Lipinski definition) is 0. The van der Waals surface area contributed by atoms with Crippen LogP contribution in [0.4, 0.5) is 0 Å². The molecule has 0 aliphatic carbocycles. The molecule has 1 aromatic heterocycles. The Hall–Kier alpha value is -2.30. The standard InChI is InChI=1S/C20H26N2O3/c1-3-5-17(6-4-7-19-14-15(2)22-25-19)24-18-10-8-16(9-11-18)20-21-12-13-23-20/h8-11,14,17H,3-7,12-13H2,1-2H3. The van der Waals surface area contributed by atoms with Crippen molar-refractivity contribution in [2.45, 2.75) is 52.1 Å². The van der Waals surface area contributed by atoms with E-state index in [9.17, 15) is 0 Å². The monoisotopic (exact) mass is 342 g/mol. The van der Waals surface area contributed by atoms with Crippen molar-refractivity contribution in [3.05, 3.63) is 47.3 Å². The lowest BCUT2D eigenvalue weighted by Crippen LogP contribution is -2.16. The van der Waals surface area contributed by atoms with Gasteiger partial charge in [-0.2, -0.15) is 0 Å². The Labute approximate surface area is 149 Å². The van der Waals surface area contributed by atoms with E-state index in [4.69, 9.17) is 14.0 Å². The molecule has 0 spiro atoms. The quantitative estimate of drug-likeness (QED) is 0.680. The summed E-state index contributed by atoms with van der Waals surface area (Å²) in [6, 6.07) is 10.0. The molecule has 0 N–H and O–H groups in total. The lowest BCUT2D eigenvalue weighted by atomic mass is 10.1. The van der Waals surface area contributed by atoms with Crippen LogP contribution in [0.25, 0.3) is 0 Å². The van der Waals surface area contributed by atoms with Crippen LogP contribution in [0.15, 0.2) is 39.8 Å². The van der Waals surface area contributed by atoms with Gasteiger partial charge in [-0.15, -0.1) is 0 Å². The Morgan fingerprint density at radius 3 is 2.68 bits per heavy atom. The van der Waals surface area contributed by atoms with Crippen LogP contribution in [0.5, 0.6) is 5.75 Å². The zero-order valence-corrected chi connectivity index (χ0v) is 15.0. The molecule has 5 heteroatoms. The van der Waals surface area contributed by atoms with Gasteiger partial charge in [0.2, 0.25) is 5.90 Å². The third-order valence-corrected chi connectivity index (χ3v) is 4.23. The molecule has 0 fully saturated rings. The Kier molecular flexibility index (Phi) is 6.09. The molecule has 1 aliphatic heterocycles. The summed E-state index contributed by atoms with van der Waals surface area (Å²) in [5, 5.41) is 3.93. The maximum absolute atomic E-state index is 6.19. The van der Waals surface area contributed by atoms with E-state index in [1.807, 2.05) is 37.3 Å². The van der Waals surface area contributed by atoms with E-state index < -0.39 is 0 Å². The first-order chi connectivity index (χ1) is 12.2. The summed E-state index contributed by atoms with van der Waals surface area (Å²) >= 11 is 0. The summed E-state index contributed by atoms with van der Waals surface area (Å²) in [5.41, 5.74) is 1.95. The molecule has 0 saturated carbocycles. The predicted molar refractivity (Wildman–Crippen MR) is 97.3 cm³/mol. The van der Waals surface area contributed by atoms with Crippen LogP contribution in [0, 0.1) is 6.92 Å². The third kappa shape index (κ3) is 5.08. The van der Waals surface area contributed by atoms with E-state index in [-0.39, 0.29) is 6.10 Å². The van der Waals surface area contributed by atoms with Gasteiger partial charge in [0, 0.05) is 18.1 Å². The highest BCUT2D eigenvalue weighted by atomic mass is 16.5. The van der Waals surface area contributed by atoms with Gasteiger partial charge >= 0.3 is 0 Å². The number of benzene rings is 1. The minimum Gasteiger partial charge on any atom is -0.490 e. The first kappa shape index (κ1) is 17.5. The van der Waals surface area contributed by atoms with Gasteiger partial charge < -0.3 is 14.0 Å². The zero-order chi connectivity index (χ0) is 17.5. The summed E-state index contributed by atoms with van der Waals surface area (Å²) in [5.74, 6) is 2.59. The summed E-state index contributed by atoms with van der Waals surface area (Å²) in [7, 11) is 0. The van der Waals surface area contributed by atoms with Crippen molar-refractivity contribution in [2.24, 2.45) is 4.99 Å². The van der Waals surface area contributed by atoms with Crippen molar-refractivity contribution < 1.29 is 14.0 Å². The molecule has 0 amide bonds. The molecule has 1 aliphatic rings. The number of aromatic nitrogens is 1. The maximum Gasteiger partial charge on any atom is 0.216 e. The van der Waals surface area contributed by atoms with Gasteiger partial charge in [-0.3, -0.25) is 0 Å². The molecule has 0 saturated heterocycles. The smallest absolute Gasteiger partial charge is 0.216 e. The molecular formula is C20H26N2O3. The second-order valence-corrected chi connectivity index (χ2v) is 6.42. The highest BCUT2D eigenvalue weighted by molar-refractivity contribution is 5.94. The highest BCUT2D eigenvalue weighted by Gasteiger charge is 2.13. The van der Waals surface area contributed by atoms with Crippen molar-refractivity contribution >= 4 is 5.90 Å². The number of aryl methyl sites for hydroxylation is 2. The average Bonchev–Trinajstić information content (AvgIpc) is 3.28. The molecule has 25 heavy (non-hydrogen) atoms. The number of aliphatic imine (C=N–C) groups is 1. The van der Waals surface area contributed by atoms with Crippen molar-refractivity contribution in [3.63, 3.8) is 0 Å². The summed E-state index contributed by atoms with van der Waals surface area (Å²) in [6.45, 7) is 5.56. The lowest BCUT2D eigenvalue weighted by molar-refractivity contribution is 0.176. The highest BCUT2D eigenvalue weighted by Crippen LogP contribution is 2.20. The van der Waals surface area contributed by atoms with Crippen LogP contribution in [0.2, 0.25) is 0 Å². The van der Waals surface area contributed by atoms with E-state index in [2.05, 4.69) is 17.1 Å². The summed E-state index contributed by atoms with van der Waals surface area (Å²) in [4.78, 5) is 4.34. The summed E-state index contributed by atoms with van der Waals surface area (Å²) in [6.07, 6.45) is 5.31. The molecule has 3 rings (SSSR count). The molecule has 2 aromatic rings. The van der Waals surface area contributed by atoms with Gasteiger partial charge in [0.25, 0.3) is 0 Å². The average molecular weight is 342 g/mol. The van der Waals surface area contributed by atoms with E-state index in [1.165, 1.54) is 0 Å². The van der Waals surface area contributed by atoms with Crippen LogP contribution in [0.3, 0.4) is 0 Å². The predicted octanol–water partition coefficient (Wildman–Crippen LogP) is 4.33. The van der Waals surface area contributed by atoms with E-state index in [0.29, 0.717) is 6.61 Å². The maximum atomic E-state index is 6.19. The second-order valence-electron chi connectivity index (χ2n) is 6.42. The van der Waals surface area contributed by atoms with Gasteiger partial charge in [-0.05, 0) is 50.5 Å². The Morgan fingerprint density at radius 2 is 2.04 bits per heavy atom. The van der Waals surface area contributed by atoms with Gasteiger partial charge in [0.05, 0.1) is 18.3 Å². The van der Waals surface area contributed by atoms with Gasteiger partial charge in [0.15, 0.2) is 0 Å². The van der Waals surface area contributed by atoms with E-state index in [0.717, 1.165) is 67.3 Å². The zero-order valence-electron chi connectivity index (χ0n) is 15.0. The normalized spacial score (nSPS) is 14.9. The second kappa shape index (κ2) is 8.70. The minimum atomic E-state index is 0.222. The molecule has 1 unspecified atom stereocenters. The van der Waals surface area contributed by atoms with Crippen molar-refractivity contribution in [3.8, 4) is 5.75 Å². The van der Waals surface area contributed by atoms with E-state index in [1.54, 1.807) is 0 Å². The third-order valence-electron chi connectivity index (χ3n) is 4.23. The van der Waals surface area contributed by atoms with Crippen LogP contribution >= 0.6 is 0 Å². The fourth-order valence-electron chi connectivity index (χ4n) is 3.00. The Balaban J connectivity index is 1.51. The van der Waals surface area contributed by atoms with Crippen LogP contribution < -0.4 is 4.74 Å².